The highest BCUT2D eigenvalue weighted by molar-refractivity contribution is 7.01. The summed E-state index contributed by atoms with van der Waals surface area (Å²) in [4.78, 5) is 9.56. The number of benzene rings is 5. The molecule has 0 bridgehead atoms. The number of rotatable bonds is 2. The lowest BCUT2D eigenvalue weighted by molar-refractivity contribution is 0.620. The van der Waals surface area contributed by atoms with Crippen molar-refractivity contribution in [3.05, 3.63) is 134 Å². The van der Waals surface area contributed by atoms with E-state index in [1.165, 1.54) is 5.46 Å². The van der Waals surface area contributed by atoms with Crippen molar-refractivity contribution < 1.29 is 8.83 Å². The predicted molar refractivity (Wildman–Crippen MR) is 175 cm³/mol. The molecule has 2 aliphatic rings. The number of hydrogen-bond donors (Lipinski definition) is 0. The molecule has 0 amide bonds. The summed E-state index contributed by atoms with van der Waals surface area (Å²) in [5, 5.41) is 3.28. The fourth-order valence-electron chi connectivity index (χ4n) is 7.17. The Morgan fingerprint density at radius 1 is 0.512 bits per heavy atom. The third-order valence-corrected chi connectivity index (χ3v) is 8.90. The zero-order valence-electron chi connectivity index (χ0n) is 22.9. The topological polar surface area (TPSA) is 45.7 Å². The van der Waals surface area contributed by atoms with Crippen LogP contribution in [0.5, 0.6) is 0 Å². The maximum atomic E-state index is 6.87. The Morgan fingerprint density at radius 3 is 2.02 bits per heavy atom. The van der Waals surface area contributed by atoms with Crippen molar-refractivity contribution in [2.24, 2.45) is 0 Å². The van der Waals surface area contributed by atoms with E-state index in [0.29, 0.717) is 0 Å². The first-order chi connectivity index (χ1) is 21.3. The number of hydrogen-bond acceptors (Lipinski definition) is 5. The van der Waals surface area contributed by atoms with Crippen LogP contribution in [0.2, 0.25) is 0 Å². The van der Waals surface area contributed by atoms with Gasteiger partial charge in [0, 0.05) is 56.6 Å². The molecule has 0 spiro atoms. The summed E-state index contributed by atoms with van der Waals surface area (Å²) in [5.74, 6) is 1.77. The zero-order valence-corrected chi connectivity index (χ0v) is 22.9. The number of pyridine rings is 1. The summed E-state index contributed by atoms with van der Waals surface area (Å²) >= 11 is 0. The van der Waals surface area contributed by atoms with Gasteiger partial charge in [0.2, 0.25) is 5.88 Å². The van der Waals surface area contributed by atoms with E-state index in [9.17, 15) is 0 Å². The Balaban J connectivity index is 1.35. The minimum absolute atomic E-state index is 0.0679. The molecular formula is C37H22BN3O2. The monoisotopic (exact) mass is 551 g/mol. The fraction of sp³-hybridized carbons (Fsp3) is 0. The number of aromatic nitrogens is 1. The Labute approximate surface area is 247 Å². The largest absolute Gasteiger partial charge is 0.456 e. The van der Waals surface area contributed by atoms with Gasteiger partial charge >= 0.3 is 0 Å². The molecule has 0 saturated heterocycles. The predicted octanol–water partition coefficient (Wildman–Crippen LogP) is 7.81. The molecule has 0 fully saturated rings. The summed E-state index contributed by atoms with van der Waals surface area (Å²) in [6.45, 7) is -0.0679. The molecule has 0 unspecified atom stereocenters. The van der Waals surface area contributed by atoms with Crippen molar-refractivity contribution in [3.8, 4) is 0 Å². The molecule has 0 atom stereocenters. The quantitative estimate of drug-likeness (QED) is 0.205. The summed E-state index contributed by atoms with van der Waals surface area (Å²) in [6, 6.07) is 44.4. The highest BCUT2D eigenvalue weighted by Gasteiger charge is 2.46. The van der Waals surface area contributed by atoms with E-state index >= 15 is 0 Å². The third-order valence-electron chi connectivity index (χ3n) is 8.90. The second-order valence-corrected chi connectivity index (χ2v) is 11.2. The lowest BCUT2D eigenvalue weighted by atomic mass is 9.34. The normalized spacial score (nSPS) is 13.4. The van der Waals surface area contributed by atoms with Crippen LogP contribution >= 0.6 is 0 Å². The molecule has 0 radical (unpaired) electrons. The molecule has 3 aromatic heterocycles. The van der Waals surface area contributed by atoms with Crippen molar-refractivity contribution in [3.63, 3.8) is 0 Å². The van der Waals surface area contributed by atoms with E-state index in [-0.39, 0.29) is 6.71 Å². The van der Waals surface area contributed by atoms with Crippen LogP contribution in [0.4, 0.5) is 34.5 Å². The van der Waals surface area contributed by atoms with Crippen LogP contribution in [0, 0.1) is 0 Å². The SMILES string of the molecule is c1ccc(N2c3cccc4c3B(c3cccnc32)c2c(oc3cc5oc6ccccc6c5cc23)N4c2ccccc2)cc1. The number of nitrogens with zero attached hydrogens (tertiary/aromatic N) is 3. The van der Waals surface area contributed by atoms with Gasteiger partial charge in [-0.3, -0.25) is 9.80 Å². The average Bonchev–Trinajstić information content (AvgIpc) is 3.61. The Morgan fingerprint density at radius 2 is 1.21 bits per heavy atom. The lowest BCUT2D eigenvalue weighted by Gasteiger charge is -2.41. The van der Waals surface area contributed by atoms with E-state index < -0.39 is 0 Å². The van der Waals surface area contributed by atoms with Crippen LogP contribution in [0.1, 0.15) is 0 Å². The molecule has 43 heavy (non-hydrogen) atoms. The summed E-state index contributed by atoms with van der Waals surface area (Å²) in [7, 11) is 0. The Hall–Kier alpha value is -5.75. The van der Waals surface area contributed by atoms with Crippen molar-refractivity contribution in [2.75, 3.05) is 9.80 Å². The maximum Gasteiger partial charge on any atom is 0.259 e. The number of anilines is 6. The van der Waals surface area contributed by atoms with E-state index in [1.54, 1.807) is 0 Å². The van der Waals surface area contributed by atoms with E-state index in [4.69, 9.17) is 13.8 Å². The lowest BCUT2D eigenvalue weighted by Crippen LogP contribution is -2.61. The van der Waals surface area contributed by atoms with Crippen LogP contribution in [0.25, 0.3) is 32.9 Å². The summed E-state index contributed by atoms with van der Waals surface area (Å²) in [6.07, 6.45) is 1.89. The molecule has 0 saturated carbocycles. The van der Waals surface area contributed by atoms with E-state index in [2.05, 4.69) is 119 Å². The summed E-state index contributed by atoms with van der Waals surface area (Å²) < 4.78 is 13.2. The smallest absolute Gasteiger partial charge is 0.259 e. The molecule has 5 nitrogen and oxygen atoms in total. The second kappa shape index (κ2) is 8.40. The molecule has 200 valence electrons. The van der Waals surface area contributed by atoms with Gasteiger partial charge in [-0.05, 0) is 65.5 Å². The molecule has 0 N–H and O–H groups in total. The van der Waals surface area contributed by atoms with Gasteiger partial charge < -0.3 is 8.83 Å². The van der Waals surface area contributed by atoms with Crippen molar-refractivity contribution in [1.82, 2.24) is 4.98 Å². The minimum atomic E-state index is -0.0679. The third kappa shape index (κ3) is 3.04. The molecule has 8 aromatic rings. The highest BCUT2D eigenvalue weighted by Crippen LogP contribution is 2.45. The van der Waals surface area contributed by atoms with Gasteiger partial charge in [0.05, 0.1) is 0 Å². The molecule has 0 aliphatic carbocycles. The molecular weight excluding hydrogens is 529 g/mol. The van der Waals surface area contributed by atoms with Crippen molar-refractivity contribution in [2.45, 2.75) is 0 Å². The van der Waals surface area contributed by atoms with Crippen LogP contribution in [-0.2, 0) is 0 Å². The zero-order chi connectivity index (χ0) is 28.1. The first-order valence-corrected chi connectivity index (χ1v) is 14.5. The number of para-hydroxylation sites is 3. The van der Waals surface area contributed by atoms with Gasteiger partial charge in [-0.1, -0.05) is 66.7 Å². The average molecular weight is 551 g/mol. The molecule has 10 rings (SSSR count). The second-order valence-electron chi connectivity index (χ2n) is 11.2. The highest BCUT2D eigenvalue weighted by atomic mass is 16.4. The minimum Gasteiger partial charge on any atom is -0.456 e. The van der Waals surface area contributed by atoms with Crippen molar-refractivity contribution >= 4 is 90.5 Å². The molecule has 5 heterocycles. The Bertz CT molecular complexity index is 2380. The number of furan rings is 2. The Kier molecular flexibility index (Phi) is 4.47. The maximum absolute atomic E-state index is 6.87. The van der Waals surface area contributed by atoms with Crippen LogP contribution in [-0.4, -0.2) is 11.7 Å². The van der Waals surface area contributed by atoms with Crippen LogP contribution < -0.4 is 26.2 Å². The van der Waals surface area contributed by atoms with Gasteiger partial charge in [-0.2, -0.15) is 0 Å². The van der Waals surface area contributed by atoms with Gasteiger partial charge in [-0.15, -0.1) is 0 Å². The van der Waals surface area contributed by atoms with Gasteiger partial charge in [0.1, 0.15) is 22.6 Å². The fourth-order valence-corrected chi connectivity index (χ4v) is 7.17. The van der Waals surface area contributed by atoms with Gasteiger partial charge in [0.15, 0.2) is 0 Å². The van der Waals surface area contributed by atoms with Crippen LogP contribution in [0.15, 0.2) is 142 Å². The van der Waals surface area contributed by atoms with Crippen molar-refractivity contribution in [1.29, 1.82) is 0 Å². The van der Waals surface area contributed by atoms with Gasteiger partial charge in [0.25, 0.3) is 6.71 Å². The van der Waals surface area contributed by atoms with E-state index in [1.807, 2.05) is 24.4 Å². The van der Waals surface area contributed by atoms with Gasteiger partial charge in [-0.25, -0.2) is 4.98 Å². The molecule has 6 heteroatoms. The first-order valence-electron chi connectivity index (χ1n) is 14.5. The van der Waals surface area contributed by atoms with Crippen LogP contribution in [0.3, 0.4) is 0 Å². The first kappa shape index (κ1) is 22.9. The standard InChI is InChI=1S/C37H22BN3O2/c1-3-11-23(12-4-1)40-29-17-9-18-30-35(29)38(28-16-10-20-39-36(28)40)34-27-21-26-25-15-7-8-19-31(25)42-32(26)22-33(27)43-37(34)41(30)24-13-5-2-6-14-24/h1-22H. The molecule has 2 aliphatic heterocycles. The van der Waals surface area contributed by atoms with E-state index in [0.717, 1.165) is 78.3 Å². The number of fused-ring (bicyclic) bond motifs is 9. The molecule has 5 aromatic carbocycles. The summed E-state index contributed by atoms with van der Waals surface area (Å²) in [5.41, 5.74) is 10.4.